The van der Waals surface area contributed by atoms with E-state index in [1.54, 1.807) is 23.1 Å². The van der Waals surface area contributed by atoms with Crippen molar-refractivity contribution in [2.75, 3.05) is 59.0 Å². The van der Waals surface area contributed by atoms with Gasteiger partial charge in [-0.25, -0.2) is 0 Å². The normalized spacial score (nSPS) is 22.5. The van der Waals surface area contributed by atoms with E-state index in [0.29, 0.717) is 76.1 Å². The van der Waals surface area contributed by atoms with Crippen LogP contribution in [0.15, 0.2) is 60.7 Å². The number of benzene rings is 3. The molecule has 3 amide bonds. The molecule has 3 saturated heterocycles. The lowest BCUT2D eigenvalue weighted by atomic mass is 9.72. The van der Waals surface area contributed by atoms with Crippen LogP contribution in [0.1, 0.15) is 77.2 Å². The third kappa shape index (κ3) is 9.45. The van der Waals surface area contributed by atoms with Crippen LogP contribution < -0.4 is 5.32 Å². The fraction of sp³-hybridized carbons (Fsp3) is 0.512. The molecule has 0 unspecified atom stereocenters. The van der Waals surface area contributed by atoms with Gasteiger partial charge in [0.2, 0.25) is 11.8 Å². The fourth-order valence-electron chi connectivity index (χ4n) is 9.37. The second kappa shape index (κ2) is 17.5. The standard InChI is InChI=1S/C43H46Cl2F6N4O5/c1-27(56)52-33-8-13-54(14-9-33)38(57)25-59-37-22-28-4-2-3-5-34(28)40(37)10-15-53(16-11-40)17-12-41(30-6-7-35(44)36(45)24-30)26-55(18-19-60-41)39(58)29-20-31(42(46,47)48)23-32(21-29)43(49,50)51/h2-7,20-21,23-24,33,37H,8-19,22,25-26H2,1H3,(H,52,56)/t37-,41-/m0/s1. The van der Waals surface area contributed by atoms with E-state index in [4.69, 9.17) is 32.7 Å². The van der Waals surface area contributed by atoms with Gasteiger partial charge in [-0.2, -0.15) is 26.3 Å². The molecule has 17 heteroatoms. The number of carbonyl (C=O) groups excluding carboxylic acids is 3. The van der Waals surface area contributed by atoms with E-state index in [2.05, 4.69) is 22.3 Å². The van der Waals surface area contributed by atoms with Crippen molar-refractivity contribution in [3.05, 3.63) is 104 Å². The number of amides is 3. The number of hydrogen-bond donors (Lipinski definition) is 1. The van der Waals surface area contributed by atoms with Crippen molar-refractivity contribution in [3.63, 3.8) is 0 Å². The molecule has 3 fully saturated rings. The van der Waals surface area contributed by atoms with Gasteiger partial charge in [0.1, 0.15) is 12.2 Å². The van der Waals surface area contributed by atoms with Crippen LogP contribution in [-0.4, -0.2) is 104 Å². The minimum atomic E-state index is -5.11. The smallest absolute Gasteiger partial charge is 0.367 e. The molecule has 3 heterocycles. The number of likely N-dealkylation sites (tertiary alicyclic amines) is 2. The van der Waals surface area contributed by atoms with Crippen LogP contribution in [-0.2, 0) is 48.9 Å². The Hall–Kier alpha value is -3.89. The Kier molecular flexibility index (Phi) is 12.9. The summed E-state index contributed by atoms with van der Waals surface area (Å²) in [5.41, 5.74) is -2.49. The van der Waals surface area contributed by atoms with Gasteiger partial charge in [-0.3, -0.25) is 14.4 Å². The van der Waals surface area contributed by atoms with Gasteiger partial charge in [0.25, 0.3) is 5.91 Å². The van der Waals surface area contributed by atoms with Gasteiger partial charge in [0, 0.05) is 50.1 Å². The molecule has 3 aliphatic heterocycles. The van der Waals surface area contributed by atoms with Gasteiger partial charge >= 0.3 is 12.4 Å². The summed E-state index contributed by atoms with van der Waals surface area (Å²) >= 11 is 12.7. The highest BCUT2D eigenvalue weighted by Gasteiger charge is 2.50. The van der Waals surface area contributed by atoms with E-state index in [9.17, 15) is 40.7 Å². The summed E-state index contributed by atoms with van der Waals surface area (Å²) in [6, 6.07) is 14.1. The van der Waals surface area contributed by atoms with Crippen molar-refractivity contribution < 1.29 is 50.2 Å². The number of alkyl halides is 6. The number of morpholine rings is 1. The molecule has 4 aliphatic rings. The van der Waals surface area contributed by atoms with Crippen molar-refractivity contribution in [2.24, 2.45) is 0 Å². The Labute approximate surface area is 354 Å². The van der Waals surface area contributed by atoms with Gasteiger partial charge in [0.15, 0.2) is 0 Å². The van der Waals surface area contributed by atoms with Crippen LogP contribution in [0.3, 0.4) is 0 Å². The predicted molar refractivity (Wildman–Crippen MR) is 212 cm³/mol. The third-order valence-electron chi connectivity index (χ3n) is 12.6. The molecule has 1 N–H and O–H groups in total. The minimum Gasteiger partial charge on any atom is -0.367 e. The number of piperidine rings is 2. The van der Waals surface area contributed by atoms with Crippen LogP contribution in [0.2, 0.25) is 10.0 Å². The first-order valence-electron chi connectivity index (χ1n) is 20.0. The number of rotatable bonds is 9. The first-order valence-corrected chi connectivity index (χ1v) is 20.8. The van der Waals surface area contributed by atoms with E-state index in [1.807, 2.05) is 12.1 Å². The fourth-order valence-corrected chi connectivity index (χ4v) is 9.67. The second-order valence-corrected chi connectivity index (χ2v) is 17.1. The molecule has 1 aliphatic carbocycles. The summed E-state index contributed by atoms with van der Waals surface area (Å²) in [6.45, 7) is 4.04. The molecule has 0 aromatic heterocycles. The summed E-state index contributed by atoms with van der Waals surface area (Å²) in [6.07, 6.45) is -6.65. The number of fused-ring (bicyclic) bond motifs is 2. The van der Waals surface area contributed by atoms with Gasteiger partial charge in [-0.05, 0) is 98.6 Å². The van der Waals surface area contributed by atoms with E-state index in [0.717, 1.165) is 12.8 Å². The Morgan fingerprint density at radius 2 is 1.52 bits per heavy atom. The lowest BCUT2D eigenvalue weighted by Crippen LogP contribution is -2.54. The first-order chi connectivity index (χ1) is 28.4. The molecule has 9 nitrogen and oxygen atoms in total. The minimum absolute atomic E-state index is 0.00155. The highest BCUT2D eigenvalue weighted by molar-refractivity contribution is 6.42. The van der Waals surface area contributed by atoms with Gasteiger partial charge in [-0.1, -0.05) is 53.5 Å². The Bertz CT molecular complexity index is 2050. The van der Waals surface area contributed by atoms with Crippen LogP contribution in [0, 0.1) is 0 Å². The first kappa shape index (κ1) is 44.2. The summed E-state index contributed by atoms with van der Waals surface area (Å²) in [4.78, 5) is 43.9. The molecule has 1 spiro atoms. The Morgan fingerprint density at radius 3 is 2.15 bits per heavy atom. The van der Waals surface area contributed by atoms with Crippen LogP contribution in [0.5, 0.6) is 0 Å². The molecule has 0 saturated carbocycles. The highest BCUT2D eigenvalue weighted by Crippen LogP contribution is 2.48. The molecular weight excluding hydrogens is 837 g/mol. The van der Waals surface area contributed by atoms with Crippen LogP contribution in [0.4, 0.5) is 26.3 Å². The largest absolute Gasteiger partial charge is 0.416 e. The zero-order chi connectivity index (χ0) is 43.0. The number of carbonyl (C=O) groups is 3. The average molecular weight is 884 g/mol. The highest BCUT2D eigenvalue weighted by atomic mass is 35.5. The molecule has 0 radical (unpaired) electrons. The number of ether oxygens (including phenoxy) is 2. The van der Waals surface area contributed by atoms with E-state index < -0.39 is 40.6 Å². The number of nitrogens with one attached hydrogen (secondary N) is 1. The lowest BCUT2D eigenvalue weighted by molar-refractivity contribution is -0.143. The topological polar surface area (TPSA) is 91.4 Å². The zero-order valence-electron chi connectivity index (χ0n) is 32.9. The van der Waals surface area contributed by atoms with Crippen molar-refractivity contribution in [1.82, 2.24) is 20.0 Å². The number of nitrogens with zero attached hydrogens (tertiary/aromatic N) is 3. The van der Waals surface area contributed by atoms with E-state index in [-0.39, 0.29) is 71.8 Å². The molecule has 2 atom stereocenters. The van der Waals surface area contributed by atoms with E-state index in [1.165, 1.54) is 23.0 Å². The SMILES string of the molecule is CC(=O)NC1CCN(C(=O)CO[C@H]2Cc3ccccc3C23CCN(CC[C@@]2(c4ccc(Cl)c(Cl)c4)CN(C(=O)c4cc(C(F)(F)F)cc(C(F)(F)F)c4)CCO2)CC3)CC1. The summed E-state index contributed by atoms with van der Waals surface area (Å²) in [7, 11) is 0. The molecular formula is C43H46Cl2F6N4O5. The summed E-state index contributed by atoms with van der Waals surface area (Å²) in [5, 5.41) is 3.41. The molecule has 60 heavy (non-hydrogen) atoms. The maximum Gasteiger partial charge on any atom is 0.416 e. The quantitative estimate of drug-likeness (QED) is 0.220. The van der Waals surface area contributed by atoms with Crippen LogP contribution >= 0.6 is 23.2 Å². The summed E-state index contributed by atoms with van der Waals surface area (Å²) < 4.78 is 95.3. The number of halogens is 8. The molecule has 7 rings (SSSR count). The van der Waals surface area contributed by atoms with Crippen molar-refractivity contribution >= 4 is 40.9 Å². The zero-order valence-corrected chi connectivity index (χ0v) is 34.5. The van der Waals surface area contributed by atoms with Gasteiger partial charge in [-0.15, -0.1) is 0 Å². The van der Waals surface area contributed by atoms with Gasteiger partial charge in [0.05, 0.1) is 40.4 Å². The summed E-state index contributed by atoms with van der Waals surface area (Å²) in [5.74, 6) is -1.16. The maximum atomic E-state index is 13.8. The molecule has 3 aromatic rings. The van der Waals surface area contributed by atoms with Gasteiger partial charge < -0.3 is 29.5 Å². The van der Waals surface area contributed by atoms with Crippen molar-refractivity contribution in [2.45, 2.75) is 81.0 Å². The molecule has 3 aromatic carbocycles. The maximum absolute atomic E-state index is 13.8. The second-order valence-electron chi connectivity index (χ2n) is 16.3. The van der Waals surface area contributed by atoms with E-state index >= 15 is 0 Å². The number of hydrogen-bond acceptors (Lipinski definition) is 6. The predicted octanol–water partition coefficient (Wildman–Crippen LogP) is 7.89. The van der Waals surface area contributed by atoms with Crippen LogP contribution in [0.25, 0.3) is 0 Å². The molecule has 324 valence electrons. The van der Waals surface area contributed by atoms with Crippen molar-refractivity contribution in [1.29, 1.82) is 0 Å². The average Bonchev–Trinajstić information content (AvgIpc) is 3.51. The monoisotopic (exact) mass is 882 g/mol. The Balaban J connectivity index is 1.06. The lowest BCUT2D eigenvalue weighted by Gasteiger charge is -2.46. The Morgan fingerprint density at radius 1 is 0.850 bits per heavy atom. The third-order valence-corrected chi connectivity index (χ3v) is 13.3. The molecule has 0 bridgehead atoms. The van der Waals surface area contributed by atoms with Crippen molar-refractivity contribution in [3.8, 4) is 0 Å².